The molecule has 0 aliphatic rings. The smallest absolute Gasteiger partial charge is 0.326 e. The SMILES string of the molecule is CC(C)[C@@H](NC(=O)CNC(=O)c1ccccc1Cl)C(=O)O. The molecule has 1 atom stereocenters. The van der Waals surface area contributed by atoms with Gasteiger partial charge in [0.1, 0.15) is 6.04 Å². The molecule has 21 heavy (non-hydrogen) atoms. The third-order valence-corrected chi connectivity index (χ3v) is 3.11. The zero-order valence-corrected chi connectivity index (χ0v) is 12.5. The van der Waals surface area contributed by atoms with E-state index < -0.39 is 23.8 Å². The lowest BCUT2D eigenvalue weighted by molar-refractivity contribution is -0.142. The van der Waals surface area contributed by atoms with Crippen molar-refractivity contribution in [2.75, 3.05) is 6.54 Å². The molecule has 1 aromatic carbocycles. The number of hydrogen-bond acceptors (Lipinski definition) is 3. The summed E-state index contributed by atoms with van der Waals surface area (Å²) in [6, 6.07) is 5.45. The van der Waals surface area contributed by atoms with Crippen molar-refractivity contribution in [3.05, 3.63) is 34.9 Å². The number of benzene rings is 1. The Morgan fingerprint density at radius 2 is 1.86 bits per heavy atom. The van der Waals surface area contributed by atoms with Crippen LogP contribution < -0.4 is 10.6 Å². The van der Waals surface area contributed by atoms with Gasteiger partial charge in [-0.2, -0.15) is 0 Å². The van der Waals surface area contributed by atoms with Gasteiger partial charge in [-0.05, 0) is 18.1 Å². The van der Waals surface area contributed by atoms with Gasteiger partial charge in [-0.25, -0.2) is 4.79 Å². The third-order valence-electron chi connectivity index (χ3n) is 2.78. The molecule has 7 heteroatoms. The van der Waals surface area contributed by atoms with E-state index in [-0.39, 0.29) is 23.0 Å². The number of rotatable bonds is 6. The molecule has 1 aromatic rings. The number of carbonyl (C=O) groups excluding carboxylic acids is 2. The number of aliphatic carboxylic acids is 1. The third kappa shape index (κ3) is 5.07. The Labute approximate surface area is 127 Å². The van der Waals surface area contributed by atoms with Crippen LogP contribution in [0.2, 0.25) is 5.02 Å². The molecule has 6 nitrogen and oxygen atoms in total. The molecule has 0 fully saturated rings. The highest BCUT2D eigenvalue weighted by Crippen LogP contribution is 2.14. The van der Waals surface area contributed by atoms with Gasteiger partial charge in [0.05, 0.1) is 17.1 Å². The zero-order valence-electron chi connectivity index (χ0n) is 11.7. The Bertz CT molecular complexity index is 546. The average Bonchev–Trinajstić information content (AvgIpc) is 2.42. The summed E-state index contributed by atoms with van der Waals surface area (Å²) in [5, 5.41) is 14.0. The molecule has 114 valence electrons. The maximum absolute atomic E-state index is 11.8. The van der Waals surface area contributed by atoms with Crippen LogP contribution >= 0.6 is 11.6 Å². The van der Waals surface area contributed by atoms with E-state index in [4.69, 9.17) is 16.7 Å². The van der Waals surface area contributed by atoms with Crippen molar-refractivity contribution >= 4 is 29.4 Å². The fourth-order valence-corrected chi connectivity index (χ4v) is 1.86. The minimum atomic E-state index is -1.12. The summed E-state index contributed by atoms with van der Waals surface area (Å²) in [6.45, 7) is 3.04. The van der Waals surface area contributed by atoms with Crippen LogP contribution in [0.3, 0.4) is 0 Å². The second-order valence-electron chi connectivity index (χ2n) is 4.79. The van der Waals surface area contributed by atoms with Gasteiger partial charge in [0.25, 0.3) is 5.91 Å². The Morgan fingerprint density at radius 3 is 2.38 bits per heavy atom. The first kappa shape index (κ1) is 17.0. The maximum Gasteiger partial charge on any atom is 0.326 e. The van der Waals surface area contributed by atoms with E-state index in [2.05, 4.69) is 10.6 Å². The van der Waals surface area contributed by atoms with Gasteiger partial charge in [0.15, 0.2) is 0 Å². The van der Waals surface area contributed by atoms with Crippen molar-refractivity contribution in [1.29, 1.82) is 0 Å². The Balaban J connectivity index is 2.55. The molecule has 3 N–H and O–H groups in total. The average molecular weight is 313 g/mol. The largest absolute Gasteiger partial charge is 0.480 e. The van der Waals surface area contributed by atoms with Gasteiger partial charge in [-0.1, -0.05) is 37.6 Å². The number of hydrogen-bond donors (Lipinski definition) is 3. The van der Waals surface area contributed by atoms with Crippen LogP contribution in [0.15, 0.2) is 24.3 Å². The summed E-state index contributed by atoms with van der Waals surface area (Å²) in [5.41, 5.74) is 0.255. The highest BCUT2D eigenvalue weighted by molar-refractivity contribution is 6.33. The van der Waals surface area contributed by atoms with Crippen molar-refractivity contribution in [3.63, 3.8) is 0 Å². The molecule has 0 spiro atoms. The monoisotopic (exact) mass is 312 g/mol. The van der Waals surface area contributed by atoms with Crippen LogP contribution in [-0.4, -0.2) is 35.5 Å². The van der Waals surface area contributed by atoms with Crippen LogP contribution in [0, 0.1) is 5.92 Å². The highest BCUT2D eigenvalue weighted by Gasteiger charge is 2.23. The molecule has 0 aromatic heterocycles. The highest BCUT2D eigenvalue weighted by atomic mass is 35.5. The fourth-order valence-electron chi connectivity index (χ4n) is 1.64. The van der Waals surface area contributed by atoms with Crippen LogP contribution in [0.25, 0.3) is 0 Å². The fraction of sp³-hybridized carbons (Fsp3) is 0.357. The predicted molar refractivity (Wildman–Crippen MR) is 78.2 cm³/mol. The summed E-state index contributed by atoms with van der Waals surface area (Å²) in [6.07, 6.45) is 0. The molecule has 1 rings (SSSR count). The van der Waals surface area contributed by atoms with E-state index in [0.29, 0.717) is 0 Å². The quantitative estimate of drug-likeness (QED) is 0.737. The number of amides is 2. The molecule has 0 aliphatic carbocycles. The summed E-state index contributed by atoms with van der Waals surface area (Å²) in [4.78, 5) is 34.5. The lowest BCUT2D eigenvalue weighted by atomic mass is 10.1. The Morgan fingerprint density at radius 1 is 1.24 bits per heavy atom. The van der Waals surface area contributed by atoms with Gasteiger partial charge >= 0.3 is 5.97 Å². The van der Waals surface area contributed by atoms with Crippen molar-refractivity contribution in [2.24, 2.45) is 5.92 Å². The van der Waals surface area contributed by atoms with Crippen LogP contribution in [0.5, 0.6) is 0 Å². The topological polar surface area (TPSA) is 95.5 Å². The number of carbonyl (C=O) groups is 3. The van der Waals surface area contributed by atoms with Crippen LogP contribution in [-0.2, 0) is 9.59 Å². The van der Waals surface area contributed by atoms with Crippen molar-refractivity contribution in [1.82, 2.24) is 10.6 Å². The summed E-state index contributed by atoms with van der Waals surface area (Å²) in [7, 11) is 0. The van der Waals surface area contributed by atoms with E-state index in [1.54, 1.807) is 32.0 Å². The van der Waals surface area contributed by atoms with Gasteiger partial charge in [-0.3, -0.25) is 9.59 Å². The molecule has 0 radical (unpaired) electrons. The minimum absolute atomic E-state index is 0.255. The van der Waals surface area contributed by atoms with E-state index in [0.717, 1.165) is 0 Å². The van der Waals surface area contributed by atoms with E-state index in [1.165, 1.54) is 6.07 Å². The van der Waals surface area contributed by atoms with Gasteiger partial charge in [-0.15, -0.1) is 0 Å². The molecular weight excluding hydrogens is 296 g/mol. The van der Waals surface area contributed by atoms with Crippen molar-refractivity contribution in [2.45, 2.75) is 19.9 Å². The van der Waals surface area contributed by atoms with Crippen molar-refractivity contribution < 1.29 is 19.5 Å². The molecule has 0 unspecified atom stereocenters. The first-order chi connectivity index (χ1) is 9.82. The first-order valence-corrected chi connectivity index (χ1v) is 6.75. The maximum atomic E-state index is 11.8. The molecule has 0 bridgehead atoms. The summed E-state index contributed by atoms with van der Waals surface area (Å²) >= 11 is 5.86. The molecule has 0 aliphatic heterocycles. The van der Waals surface area contributed by atoms with Crippen LogP contribution in [0.1, 0.15) is 24.2 Å². The lowest BCUT2D eigenvalue weighted by Crippen LogP contribution is -2.48. The standard InChI is InChI=1S/C14H17ClN2O4/c1-8(2)12(14(20)21)17-11(18)7-16-13(19)9-5-3-4-6-10(9)15/h3-6,8,12H,7H2,1-2H3,(H,16,19)(H,17,18)(H,20,21)/t12-/m1/s1. The number of carboxylic acid groups (broad SMARTS) is 1. The Hall–Kier alpha value is -2.08. The lowest BCUT2D eigenvalue weighted by Gasteiger charge is -2.18. The minimum Gasteiger partial charge on any atom is -0.480 e. The van der Waals surface area contributed by atoms with Gasteiger partial charge < -0.3 is 15.7 Å². The van der Waals surface area contributed by atoms with Crippen LogP contribution in [0.4, 0.5) is 0 Å². The predicted octanol–water partition coefficient (Wildman–Crippen LogP) is 1.30. The van der Waals surface area contributed by atoms with Crippen molar-refractivity contribution in [3.8, 4) is 0 Å². The first-order valence-electron chi connectivity index (χ1n) is 6.37. The van der Waals surface area contributed by atoms with Gasteiger partial charge in [0.2, 0.25) is 5.91 Å². The molecular formula is C14H17ClN2O4. The second kappa shape index (κ2) is 7.64. The molecule has 0 saturated heterocycles. The molecule has 0 saturated carbocycles. The summed E-state index contributed by atoms with van der Waals surface area (Å²) < 4.78 is 0. The van der Waals surface area contributed by atoms with E-state index in [1.807, 2.05) is 0 Å². The van der Waals surface area contributed by atoms with Gasteiger partial charge in [0, 0.05) is 0 Å². The normalized spacial score (nSPS) is 11.8. The number of halogens is 1. The molecule has 2 amide bonds. The van der Waals surface area contributed by atoms with E-state index in [9.17, 15) is 14.4 Å². The molecule has 0 heterocycles. The summed E-state index contributed by atoms with van der Waals surface area (Å²) in [5.74, 6) is -2.44. The Kier molecular flexibility index (Phi) is 6.17. The zero-order chi connectivity index (χ0) is 16.0. The van der Waals surface area contributed by atoms with E-state index >= 15 is 0 Å². The second-order valence-corrected chi connectivity index (χ2v) is 5.20. The number of nitrogens with one attached hydrogen (secondary N) is 2. The number of carboxylic acids is 1.